The topological polar surface area (TPSA) is 81.6 Å². The molecule has 1 amide bonds. The average molecular weight is 358 g/mol. The number of piperidine rings is 1. The molecule has 0 radical (unpaired) electrons. The fraction of sp³-hybridized carbons (Fsp3) is 0.579. The van der Waals surface area contributed by atoms with Crippen molar-refractivity contribution in [3.8, 4) is 0 Å². The van der Waals surface area contributed by atoms with Gasteiger partial charge in [-0.25, -0.2) is 9.59 Å². The molecule has 0 bridgehead atoms. The van der Waals surface area contributed by atoms with Crippen molar-refractivity contribution in [3.05, 3.63) is 34.2 Å². The maximum atomic E-state index is 12.5. The van der Waals surface area contributed by atoms with Crippen LogP contribution in [0.5, 0.6) is 0 Å². The van der Waals surface area contributed by atoms with Crippen LogP contribution in [0.4, 0.5) is 4.79 Å². The number of rotatable bonds is 2. The highest BCUT2D eigenvalue weighted by Crippen LogP contribution is 2.33. The summed E-state index contributed by atoms with van der Waals surface area (Å²) in [5.74, 6) is 0. The zero-order chi connectivity index (χ0) is 18.5. The molecule has 2 fully saturated rings. The van der Waals surface area contributed by atoms with Gasteiger partial charge in [0.05, 0.1) is 11.0 Å². The first-order chi connectivity index (χ1) is 12.4. The van der Waals surface area contributed by atoms with Gasteiger partial charge < -0.3 is 15.0 Å². The number of nitrogens with one attached hydrogen (secondary N) is 1. The number of carboxylic acid groups (broad SMARTS) is 1. The van der Waals surface area contributed by atoms with Crippen LogP contribution in [0, 0.1) is 6.92 Å². The van der Waals surface area contributed by atoms with E-state index < -0.39 is 6.09 Å². The number of nitrogens with zero attached hydrogens (tertiary/aromatic N) is 3. The largest absolute Gasteiger partial charge is 0.465 e. The third-order valence-corrected chi connectivity index (χ3v) is 6.19. The summed E-state index contributed by atoms with van der Waals surface area (Å²) in [6.45, 7) is 7.15. The smallest absolute Gasteiger partial charge is 0.407 e. The number of carbonyl (C=O) groups is 1. The molecule has 4 rings (SSSR count). The molecular formula is C19H26N4O3. The number of hydrogen-bond acceptors (Lipinski definition) is 3. The standard InChI is InChI=1S/C19H26N4O3/c1-13-3-4-15-16(11-13)23(17(24)20-15)14-5-8-22(9-6-14)19(2)7-10-21(12-19)18(25)26/h3-4,11,14H,5-10,12H2,1-2H3,(H,20,24)(H,25,26). The van der Waals surface area contributed by atoms with E-state index in [4.69, 9.17) is 0 Å². The Morgan fingerprint density at radius 1 is 1.27 bits per heavy atom. The minimum absolute atomic E-state index is 0.0341. The molecule has 26 heavy (non-hydrogen) atoms. The van der Waals surface area contributed by atoms with Crippen LogP contribution in [-0.4, -0.2) is 62.3 Å². The molecule has 2 aliphatic rings. The van der Waals surface area contributed by atoms with Gasteiger partial charge in [-0.15, -0.1) is 0 Å². The summed E-state index contributed by atoms with van der Waals surface area (Å²) in [4.78, 5) is 30.6. The molecule has 3 heterocycles. The fourth-order valence-electron chi connectivity index (χ4n) is 4.62. The zero-order valence-corrected chi connectivity index (χ0v) is 15.4. The van der Waals surface area contributed by atoms with Crippen molar-refractivity contribution in [2.45, 2.75) is 44.7 Å². The van der Waals surface area contributed by atoms with Crippen LogP contribution in [0.25, 0.3) is 11.0 Å². The van der Waals surface area contributed by atoms with Gasteiger partial charge in [-0.05, 0) is 50.8 Å². The number of fused-ring (bicyclic) bond motifs is 1. The minimum atomic E-state index is -0.829. The Labute approximate surface area is 152 Å². The summed E-state index contributed by atoms with van der Waals surface area (Å²) in [7, 11) is 0. The van der Waals surface area contributed by atoms with Crippen LogP contribution in [0.3, 0.4) is 0 Å². The monoisotopic (exact) mass is 358 g/mol. The maximum absolute atomic E-state index is 12.5. The maximum Gasteiger partial charge on any atom is 0.407 e. The van der Waals surface area contributed by atoms with E-state index in [9.17, 15) is 14.7 Å². The van der Waals surface area contributed by atoms with Crippen LogP contribution in [0.2, 0.25) is 0 Å². The van der Waals surface area contributed by atoms with Gasteiger partial charge in [0.2, 0.25) is 0 Å². The first kappa shape index (κ1) is 17.1. The number of H-pyrrole nitrogens is 1. The Kier molecular flexibility index (Phi) is 4.06. The van der Waals surface area contributed by atoms with Gasteiger partial charge in [-0.3, -0.25) is 9.47 Å². The van der Waals surface area contributed by atoms with Gasteiger partial charge in [0.1, 0.15) is 0 Å². The fourth-order valence-corrected chi connectivity index (χ4v) is 4.62. The lowest BCUT2D eigenvalue weighted by atomic mass is 9.93. The van der Waals surface area contributed by atoms with Gasteiger partial charge in [0, 0.05) is 37.8 Å². The number of imidazole rings is 1. The summed E-state index contributed by atoms with van der Waals surface area (Å²) in [6, 6.07) is 6.25. The van der Waals surface area contributed by atoms with Crippen molar-refractivity contribution >= 4 is 17.1 Å². The van der Waals surface area contributed by atoms with E-state index in [2.05, 4.69) is 22.9 Å². The second-order valence-corrected chi connectivity index (χ2v) is 7.99. The van der Waals surface area contributed by atoms with Crippen LogP contribution in [0.15, 0.2) is 23.0 Å². The normalized spacial score (nSPS) is 25.2. The third-order valence-electron chi connectivity index (χ3n) is 6.19. The summed E-state index contributed by atoms with van der Waals surface area (Å²) in [5.41, 5.74) is 2.90. The Morgan fingerprint density at radius 3 is 2.65 bits per heavy atom. The molecule has 2 N–H and O–H groups in total. The van der Waals surface area contributed by atoms with Gasteiger partial charge in [-0.1, -0.05) is 6.07 Å². The first-order valence-electron chi connectivity index (χ1n) is 9.31. The summed E-state index contributed by atoms with van der Waals surface area (Å²) in [6.07, 6.45) is 1.85. The van der Waals surface area contributed by atoms with Crippen LogP contribution < -0.4 is 5.69 Å². The van der Waals surface area contributed by atoms with Crippen LogP contribution in [-0.2, 0) is 0 Å². The van der Waals surface area contributed by atoms with Crippen molar-refractivity contribution in [2.75, 3.05) is 26.2 Å². The first-order valence-corrected chi connectivity index (χ1v) is 9.31. The Bertz CT molecular complexity index is 894. The molecule has 2 aliphatic heterocycles. The Hall–Kier alpha value is -2.28. The van der Waals surface area contributed by atoms with E-state index in [0.29, 0.717) is 13.1 Å². The van der Waals surface area contributed by atoms with Crippen molar-refractivity contribution < 1.29 is 9.90 Å². The van der Waals surface area contributed by atoms with E-state index in [0.717, 1.165) is 48.9 Å². The summed E-state index contributed by atoms with van der Waals surface area (Å²) >= 11 is 0. The second-order valence-electron chi connectivity index (χ2n) is 7.99. The van der Waals surface area contributed by atoms with Crippen molar-refractivity contribution in [2.24, 2.45) is 0 Å². The second kappa shape index (κ2) is 6.16. The molecule has 1 atom stereocenters. The number of aryl methyl sites for hydroxylation is 1. The SMILES string of the molecule is Cc1ccc2[nH]c(=O)n(C3CCN(C4(C)CCN(C(=O)O)C4)CC3)c2c1. The molecular weight excluding hydrogens is 332 g/mol. The highest BCUT2D eigenvalue weighted by Gasteiger charge is 2.42. The van der Waals surface area contributed by atoms with Gasteiger partial charge in [0.25, 0.3) is 0 Å². The lowest BCUT2D eigenvalue weighted by molar-refractivity contribution is 0.0682. The molecule has 1 unspecified atom stereocenters. The van der Waals surface area contributed by atoms with Gasteiger partial charge >= 0.3 is 11.8 Å². The van der Waals surface area contributed by atoms with Crippen molar-refractivity contribution in [1.29, 1.82) is 0 Å². The van der Waals surface area contributed by atoms with Crippen LogP contribution in [0.1, 0.15) is 37.8 Å². The highest BCUT2D eigenvalue weighted by molar-refractivity contribution is 5.76. The number of hydrogen-bond donors (Lipinski definition) is 2. The number of aromatic nitrogens is 2. The third kappa shape index (κ3) is 2.80. The lowest BCUT2D eigenvalue weighted by Gasteiger charge is -2.42. The van der Waals surface area contributed by atoms with E-state index in [1.165, 1.54) is 4.90 Å². The molecule has 140 valence electrons. The molecule has 2 aromatic rings. The zero-order valence-electron chi connectivity index (χ0n) is 15.4. The highest BCUT2D eigenvalue weighted by atomic mass is 16.4. The lowest BCUT2D eigenvalue weighted by Crippen LogP contribution is -2.52. The van der Waals surface area contributed by atoms with Crippen molar-refractivity contribution in [1.82, 2.24) is 19.4 Å². The van der Waals surface area contributed by atoms with Crippen molar-refractivity contribution in [3.63, 3.8) is 0 Å². The van der Waals surface area contributed by atoms with E-state index in [-0.39, 0.29) is 17.3 Å². The van der Waals surface area contributed by atoms with Crippen LogP contribution >= 0.6 is 0 Å². The Morgan fingerprint density at radius 2 is 2.00 bits per heavy atom. The average Bonchev–Trinajstić information content (AvgIpc) is 3.16. The molecule has 0 aliphatic carbocycles. The van der Waals surface area contributed by atoms with E-state index in [1.54, 1.807) is 0 Å². The minimum Gasteiger partial charge on any atom is -0.465 e. The Balaban J connectivity index is 1.51. The molecule has 1 aromatic carbocycles. The molecule has 1 aromatic heterocycles. The molecule has 2 saturated heterocycles. The van der Waals surface area contributed by atoms with Gasteiger partial charge in [-0.2, -0.15) is 0 Å². The molecule has 7 nitrogen and oxygen atoms in total. The number of benzene rings is 1. The predicted octanol–water partition coefficient (Wildman–Crippen LogP) is 2.42. The number of likely N-dealkylation sites (tertiary alicyclic amines) is 2. The quantitative estimate of drug-likeness (QED) is 0.864. The predicted molar refractivity (Wildman–Crippen MR) is 99.8 cm³/mol. The number of aromatic amines is 1. The van der Waals surface area contributed by atoms with E-state index in [1.807, 2.05) is 23.6 Å². The molecule has 7 heteroatoms. The summed E-state index contributed by atoms with van der Waals surface area (Å²) < 4.78 is 1.92. The summed E-state index contributed by atoms with van der Waals surface area (Å²) in [5, 5.41) is 9.23. The molecule has 0 saturated carbocycles. The number of amides is 1. The van der Waals surface area contributed by atoms with E-state index >= 15 is 0 Å². The molecule has 0 spiro atoms. The van der Waals surface area contributed by atoms with Gasteiger partial charge in [0.15, 0.2) is 0 Å².